The van der Waals surface area contributed by atoms with Crippen LogP contribution in [0.25, 0.3) is 0 Å². The lowest BCUT2D eigenvalue weighted by molar-refractivity contribution is 0.0574. The van der Waals surface area contributed by atoms with Crippen molar-refractivity contribution in [2.24, 2.45) is 0 Å². The van der Waals surface area contributed by atoms with Crippen LogP contribution in [0.15, 0.2) is 41.8 Å². The molecule has 1 aliphatic rings. The van der Waals surface area contributed by atoms with E-state index in [9.17, 15) is 9.90 Å². The number of likely N-dealkylation sites (tertiary alicyclic amines) is 1. The number of carbonyl (C=O) groups excluding carboxylic acids is 1. The first-order valence-electron chi connectivity index (χ1n) is 8.45. The van der Waals surface area contributed by atoms with E-state index in [1.165, 1.54) is 0 Å². The first-order valence-corrected chi connectivity index (χ1v) is 9.33. The van der Waals surface area contributed by atoms with Gasteiger partial charge < -0.3 is 14.7 Å². The molecule has 0 spiro atoms. The zero-order valence-electron chi connectivity index (χ0n) is 13.7. The molecule has 2 aromatic rings. The van der Waals surface area contributed by atoms with Gasteiger partial charge in [0.1, 0.15) is 12.4 Å². The minimum absolute atomic E-state index is 0.0368. The molecule has 0 radical (unpaired) electrons. The summed E-state index contributed by atoms with van der Waals surface area (Å²) < 4.78 is 5.80. The zero-order valence-corrected chi connectivity index (χ0v) is 14.5. The van der Waals surface area contributed by atoms with Gasteiger partial charge in [0.15, 0.2) is 0 Å². The molecule has 1 N–H and O–H groups in total. The molecule has 4 nitrogen and oxygen atoms in total. The van der Waals surface area contributed by atoms with Gasteiger partial charge in [0.25, 0.3) is 5.91 Å². The Morgan fingerprint density at radius 3 is 3.00 bits per heavy atom. The van der Waals surface area contributed by atoms with Crippen LogP contribution >= 0.6 is 11.3 Å². The van der Waals surface area contributed by atoms with E-state index >= 15 is 0 Å². The summed E-state index contributed by atoms with van der Waals surface area (Å²) in [5.74, 6) is 0.750. The summed E-state index contributed by atoms with van der Waals surface area (Å²) in [6.45, 7) is 1.41. The summed E-state index contributed by atoms with van der Waals surface area (Å²) in [5.41, 5.74) is 0.656. The normalized spacial score (nSPS) is 17.7. The van der Waals surface area contributed by atoms with Crippen LogP contribution in [0.1, 0.15) is 40.9 Å². The Labute approximate surface area is 146 Å². The van der Waals surface area contributed by atoms with Gasteiger partial charge in [-0.25, -0.2) is 0 Å². The number of rotatable bonds is 6. The molecule has 1 unspecified atom stereocenters. The van der Waals surface area contributed by atoms with Gasteiger partial charge in [0, 0.05) is 29.6 Å². The van der Waals surface area contributed by atoms with Gasteiger partial charge in [-0.15, -0.1) is 11.3 Å². The fraction of sp³-hybridized carbons (Fsp3) is 0.421. The van der Waals surface area contributed by atoms with Crippen molar-refractivity contribution < 1.29 is 14.6 Å². The van der Waals surface area contributed by atoms with Crippen LogP contribution in [-0.4, -0.2) is 35.1 Å². The van der Waals surface area contributed by atoms with Crippen LogP contribution in [0.5, 0.6) is 5.75 Å². The van der Waals surface area contributed by atoms with Crippen LogP contribution in [0, 0.1) is 0 Å². The van der Waals surface area contributed by atoms with E-state index in [1.54, 1.807) is 11.3 Å². The summed E-state index contributed by atoms with van der Waals surface area (Å²) in [7, 11) is 0. The van der Waals surface area contributed by atoms with Crippen molar-refractivity contribution in [3.8, 4) is 5.75 Å². The van der Waals surface area contributed by atoms with E-state index in [0.717, 1.165) is 30.7 Å². The lowest BCUT2D eigenvalue weighted by Gasteiger charge is -2.35. The molecular weight excluding hydrogens is 322 g/mol. The maximum atomic E-state index is 12.9. The topological polar surface area (TPSA) is 49.8 Å². The number of thiophene rings is 1. The number of nitrogens with zero attached hydrogens (tertiary/aromatic N) is 1. The quantitative estimate of drug-likeness (QED) is 0.868. The van der Waals surface area contributed by atoms with E-state index in [1.807, 2.05) is 46.7 Å². The van der Waals surface area contributed by atoms with E-state index in [2.05, 4.69) is 0 Å². The second kappa shape index (κ2) is 8.31. The molecule has 128 valence electrons. The number of aliphatic hydroxyl groups excluding tert-OH is 1. The summed E-state index contributed by atoms with van der Waals surface area (Å²) in [6.07, 6.45) is 3.78. The van der Waals surface area contributed by atoms with Gasteiger partial charge in [-0.3, -0.25) is 4.79 Å². The Morgan fingerprint density at radius 1 is 1.29 bits per heavy atom. The van der Waals surface area contributed by atoms with Crippen molar-refractivity contribution in [1.29, 1.82) is 0 Å². The number of carbonyl (C=O) groups is 1. The monoisotopic (exact) mass is 345 g/mol. The van der Waals surface area contributed by atoms with Crippen molar-refractivity contribution in [1.82, 2.24) is 4.90 Å². The maximum absolute atomic E-state index is 12.9. The van der Waals surface area contributed by atoms with Crippen LogP contribution in [-0.2, 0) is 6.61 Å². The Balaban J connectivity index is 1.68. The van der Waals surface area contributed by atoms with Gasteiger partial charge in [-0.2, -0.15) is 0 Å². The average molecular weight is 345 g/mol. The van der Waals surface area contributed by atoms with E-state index < -0.39 is 0 Å². The Bertz CT molecular complexity index is 654. The molecule has 0 saturated carbocycles. The summed E-state index contributed by atoms with van der Waals surface area (Å²) in [4.78, 5) is 15.9. The molecule has 2 heterocycles. The third kappa shape index (κ3) is 4.16. The van der Waals surface area contributed by atoms with Crippen molar-refractivity contribution in [3.05, 3.63) is 52.2 Å². The van der Waals surface area contributed by atoms with Crippen molar-refractivity contribution >= 4 is 17.2 Å². The van der Waals surface area contributed by atoms with Gasteiger partial charge in [0.2, 0.25) is 0 Å². The third-order valence-corrected chi connectivity index (χ3v) is 5.24. The SMILES string of the molecule is O=C(c1cccc(OCc2cccs2)c1)N1CCCCC1CCO. The number of benzene rings is 1. The molecule has 24 heavy (non-hydrogen) atoms. The highest BCUT2D eigenvalue weighted by molar-refractivity contribution is 7.09. The Morgan fingerprint density at radius 2 is 2.21 bits per heavy atom. The average Bonchev–Trinajstić information content (AvgIpc) is 3.14. The van der Waals surface area contributed by atoms with Gasteiger partial charge in [-0.05, 0) is 55.3 Å². The molecule has 1 aliphatic heterocycles. The van der Waals surface area contributed by atoms with Gasteiger partial charge >= 0.3 is 0 Å². The number of aliphatic hydroxyl groups is 1. The molecule has 1 amide bonds. The van der Waals surface area contributed by atoms with E-state index in [0.29, 0.717) is 24.3 Å². The summed E-state index contributed by atoms with van der Waals surface area (Å²) in [6, 6.07) is 11.6. The standard InChI is InChI=1S/C19H23NO3S/c21-11-9-16-6-1-2-10-20(16)19(22)15-5-3-7-17(13-15)23-14-18-8-4-12-24-18/h3-5,7-8,12-13,16,21H,1-2,6,9-11,14H2. The predicted molar refractivity (Wildman–Crippen MR) is 95.5 cm³/mol. The molecule has 1 fully saturated rings. The van der Waals surface area contributed by atoms with E-state index in [-0.39, 0.29) is 18.6 Å². The molecule has 0 bridgehead atoms. The first-order chi connectivity index (χ1) is 11.8. The van der Waals surface area contributed by atoms with E-state index in [4.69, 9.17) is 4.74 Å². The number of piperidine rings is 1. The number of amides is 1. The fourth-order valence-electron chi connectivity index (χ4n) is 3.15. The smallest absolute Gasteiger partial charge is 0.254 e. The van der Waals surface area contributed by atoms with Crippen LogP contribution in [0.4, 0.5) is 0 Å². The molecule has 1 aromatic heterocycles. The predicted octanol–water partition coefficient (Wildman–Crippen LogP) is 3.70. The van der Waals surface area contributed by atoms with Crippen molar-refractivity contribution in [2.45, 2.75) is 38.3 Å². The highest BCUT2D eigenvalue weighted by Gasteiger charge is 2.27. The van der Waals surface area contributed by atoms with Crippen molar-refractivity contribution in [2.75, 3.05) is 13.2 Å². The summed E-state index contributed by atoms with van der Waals surface area (Å²) in [5, 5.41) is 11.3. The highest BCUT2D eigenvalue weighted by atomic mass is 32.1. The molecule has 1 aromatic carbocycles. The van der Waals surface area contributed by atoms with Gasteiger partial charge in [0.05, 0.1) is 0 Å². The van der Waals surface area contributed by atoms with Crippen LogP contribution in [0.2, 0.25) is 0 Å². The second-order valence-corrected chi connectivity index (χ2v) is 7.09. The minimum Gasteiger partial charge on any atom is -0.488 e. The van der Waals surface area contributed by atoms with Gasteiger partial charge in [-0.1, -0.05) is 12.1 Å². The Kier molecular flexibility index (Phi) is 5.88. The molecule has 0 aliphatic carbocycles. The summed E-state index contributed by atoms with van der Waals surface area (Å²) >= 11 is 1.66. The molecule has 1 saturated heterocycles. The highest BCUT2D eigenvalue weighted by Crippen LogP contribution is 2.24. The molecular formula is C19H23NO3S. The number of hydrogen-bond donors (Lipinski definition) is 1. The molecule has 1 atom stereocenters. The molecule has 3 rings (SSSR count). The Hall–Kier alpha value is -1.85. The number of ether oxygens (including phenoxy) is 1. The second-order valence-electron chi connectivity index (χ2n) is 6.06. The van der Waals surface area contributed by atoms with Crippen LogP contribution in [0.3, 0.4) is 0 Å². The fourth-order valence-corrected chi connectivity index (χ4v) is 3.77. The van der Waals surface area contributed by atoms with Crippen LogP contribution < -0.4 is 4.74 Å². The first kappa shape index (κ1) is 17.0. The largest absolute Gasteiger partial charge is 0.488 e. The molecule has 5 heteroatoms. The minimum atomic E-state index is 0.0368. The number of hydrogen-bond acceptors (Lipinski definition) is 4. The zero-order chi connectivity index (χ0) is 16.8. The van der Waals surface area contributed by atoms with Crippen molar-refractivity contribution in [3.63, 3.8) is 0 Å². The third-order valence-electron chi connectivity index (χ3n) is 4.39. The maximum Gasteiger partial charge on any atom is 0.254 e. The lowest BCUT2D eigenvalue weighted by Crippen LogP contribution is -2.44. The lowest BCUT2D eigenvalue weighted by atomic mass is 9.98.